The van der Waals surface area contributed by atoms with Gasteiger partial charge in [-0.15, -0.1) is 0 Å². The van der Waals surface area contributed by atoms with E-state index in [9.17, 15) is 9.59 Å². The first-order valence-electron chi connectivity index (χ1n) is 14.0. The Morgan fingerprint density at radius 2 is 1.82 bits per heavy atom. The third-order valence-electron chi connectivity index (χ3n) is 7.20. The van der Waals surface area contributed by atoms with Crippen molar-refractivity contribution in [2.24, 2.45) is 4.99 Å². The van der Waals surface area contributed by atoms with Crippen LogP contribution in [0, 0.1) is 0 Å². The van der Waals surface area contributed by atoms with E-state index in [1.165, 1.54) is 49.0 Å². The first-order chi connectivity index (χ1) is 21.9. The Morgan fingerprint density at radius 3 is 2.53 bits per heavy atom. The molecule has 0 saturated heterocycles. The molecular formula is C33H29N3O7S2. The van der Waals surface area contributed by atoms with Gasteiger partial charge in [0, 0.05) is 22.6 Å². The summed E-state index contributed by atoms with van der Waals surface area (Å²) in [6.07, 6.45) is 3.45. The minimum absolute atomic E-state index is 0.162. The number of thiazole rings is 1. The van der Waals surface area contributed by atoms with Crippen molar-refractivity contribution in [3.63, 3.8) is 0 Å². The Kier molecular flexibility index (Phi) is 8.50. The lowest BCUT2D eigenvalue weighted by molar-refractivity contribution is -0.139. The molecule has 12 heteroatoms. The van der Waals surface area contributed by atoms with Gasteiger partial charge >= 0.3 is 5.97 Å². The van der Waals surface area contributed by atoms with Crippen LogP contribution in [0.4, 0.5) is 0 Å². The molecule has 6 rings (SSSR count). The van der Waals surface area contributed by atoms with Crippen LogP contribution in [0.1, 0.15) is 31.2 Å². The summed E-state index contributed by atoms with van der Waals surface area (Å²) in [6, 6.07) is 16.2. The van der Waals surface area contributed by atoms with Crippen LogP contribution < -0.4 is 29.1 Å². The third kappa shape index (κ3) is 5.62. The maximum atomic E-state index is 14.1. The highest BCUT2D eigenvalue weighted by Gasteiger charge is 2.34. The van der Waals surface area contributed by atoms with Crippen molar-refractivity contribution < 1.29 is 28.2 Å². The number of aromatic nitrogens is 2. The SMILES string of the molecule is CCOC(=O)C1=C(C)N=c2s/c(=C\c3ccc(Sc4cccc5cccnc45)o3)c(=O)n2[C@H]1c1cc(OC)c(OC)c(OC)c1. The standard InChI is InChI=1S/C33H29N3O7S2/c1-6-42-32(38)27-18(2)35-33-36(29(27)20-15-22(39-3)30(41-5)23(16-20)40-4)31(37)25(45-33)17-21-12-13-26(43-21)44-24-11-7-9-19-10-8-14-34-28(19)24/h7-17,29H,6H2,1-5H3/b25-17-/t29-/m0/s1. The molecule has 1 atom stereocenters. The van der Waals surface area contributed by atoms with E-state index in [1.807, 2.05) is 42.5 Å². The lowest BCUT2D eigenvalue weighted by Crippen LogP contribution is -2.40. The molecular weight excluding hydrogens is 615 g/mol. The second-order valence-corrected chi connectivity index (χ2v) is 11.9. The predicted molar refractivity (Wildman–Crippen MR) is 171 cm³/mol. The van der Waals surface area contributed by atoms with E-state index in [-0.39, 0.29) is 17.7 Å². The summed E-state index contributed by atoms with van der Waals surface area (Å²) >= 11 is 2.66. The van der Waals surface area contributed by atoms with Crippen LogP contribution in [0.15, 0.2) is 96.3 Å². The Labute approximate surface area is 266 Å². The molecule has 10 nitrogen and oxygen atoms in total. The van der Waals surface area contributed by atoms with Gasteiger partial charge in [0.15, 0.2) is 21.4 Å². The van der Waals surface area contributed by atoms with Gasteiger partial charge in [-0.25, -0.2) is 9.79 Å². The number of pyridine rings is 1. The number of benzene rings is 2. The first kappa shape index (κ1) is 30.2. The zero-order valence-electron chi connectivity index (χ0n) is 25.2. The zero-order valence-corrected chi connectivity index (χ0v) is 26.8. The van der Waals surface area contributed by atoms with Crippen molar-refractivity contribution in [2.45, 2.75) is 29.9 Å². The monoisotopic (exact) mass is 643 g/mol. The fraction of sp³-hybridized carbons (Fsp3) is 0.212. The van der Waals surface area contributed by atoms with Gasteiger partial charge < -0.3 is 23.4 Å². The molecule has 0 radical (unpaired) electrons. The molecule has 0 spiro atoms. The number of carbonyl (C=O) groups excluding carboxylic acids is 1. The molecule has 5 aromatic rings. The van der Waals surface area contributed by atoms with Crippen molar-refractivity contribution in [2.75, 3.05) is 27.9 Å². The summed E-state index contributed by atoms with van der Waals surface area (Å²) < 4.78 is 30.1. The average Bonchev–Trinajstić information content (AvgIpc) is 3.62. The molecule has 2 aromatic carbocycles. The molecule has 0 bridgehead atoms. The number of para-hydroxylation sites is 1. The van der Waals surface area contributed by atoms with Gasteiger partial charge in [0.2, 0.25) is 5.75 Å². The van der Waals surface area contributed by atoms with E-state index >= 15 is 0 Å². The number of hydrogen-bond acceptors (Lipinski definition) is 11. The molecule has 1 aliphatic heterocycles. The smallest absolute Gasteiger partial charge is 0.338 e. The average molecular weight is 644 g/mol. The summed E-state index contributed by atoms with van der Waals surface area (Å²) in [6.45, 7) is 3.62. The molecule has 3 aromatic heterocycles. The quantitative estimate of drug-likeness (QED) is 0.202. The van der Waals surface area contributed by atoms with Crippen LogP contribution in [-0.2, 0) is 9.53 Å². The summed E-state index contributed by atoms with van der Waals surface area (Å²) in [7, 11) is 4.52. The maximum absolute atomic E-state index is 14.1. The number of carbonyl (C=O) groups is 1. The highest BCUT2D eigenvalue weighted by molar-refractivity contribution is 7.99. The van der Waals surface area contributed by atoms with Crippen LogP contribution >= 0.6 is 23.1 Å². The second-order valence-electron chi connectivity index (χ2n) is 9.85. The van der Waals surface area contributed by atoms with Crippen molar-refractivity contribution in [1.29, 1.82) is 0 Å². The minimum atomic E-state index is -0.863. The molecule has 0 saturated carbocycles. The van der Waals surface area contributed by atoms with Gasteiger partial charge in [-0.3, -0.25) is 14.3 Å². The Morgan fingerprint density at radius 1 is 1.07 bits per heavy atom. The number of allylic oxidation sites excluding steroid dienone is 1. The number of hydrogen-bond donors (Lipinski definition) is 0. The molecule has 4 heterocycles. The molecule has 0 unspecified atom stereocenters. The predicted octanol–water partition coefficient (Wildman–Crippen LogP) is 5.12. The van der Waals surface area contributed by atoms with E-state index in [1.54, 1.807) is 38.3 Å². The fourth-order valence-electron chi connectivity index (χ4n) is 5.23. The highest BCUT2D eigenvalue weighted by atomic mass is 32.2. The zero-order chi connectivity index (χ0) is 31.7. The lowest BCUT2D eigenvalue weighted by Gasteiger charge is -2.26. The van der Waals surface area contributed by atoms with E-state index in [4.69, 9.17) is 23.4 Å². The number of furan rings is 1. The highest BCUT2D eigenvalue weighted by Crippen LogP contribution is 2.42. The second kappa shape index (κ2) is 12.7. The van der Waals surface area contributed by atoms with Gasteiger partial charge in [-0.2, -0.15) is 0 Å². The molecule has 0 N–H and O–H groups in total. The molecule has 0 amide bonds. The topological polar surface area (TPSA) is 114 Å². The summed E-state index contributed by atoms with van der Waals surface area (Å²) in [4.78, 5) is 37.9. The summed E-state index contributed by atoms with van der Waals surface area (Å²) in [5.41, 5.74) is 1.80. The molecule has 230 valence electrons. The number of nitrogens with zero attached hydrogens (tertiary/aromatic N) is 3. The van der Waals surface area contributed by atoms with Gasteiger partial charge in [-0.1, -0.05) is 29.5 Å². The lowest BCUT2D eigenvalue weighted by atomic mass is 9.95. The summed E-state index contributed by atoms with van der Waals surface area (Å²) in [5, 5.41) is 1.69. The largest absolute Gasteiger partial charge is 0.493 e. The molecule has 45 heavy (non-hydrogen) atoms. The number of fused-ring (bicyclic) bond motifs is 2. The van der Waals surface area contributed by atoms with Crippen LogP contribution in [0.25, 0.3) is 17.0 Å². The van der Waals surface area contributed by atoms with Crippen LogP contribution in [0.2, 0.25) is 0 Å². The number of ether oxygens (including phenoxy) is 4. The van der Waals surface area contributed by atoms with Gasteiger partial charge in [-0.05, 0) is 67.6 Å². The van der Waals surface area contributed by atoms with Crippen molar-refractivity contribution in [1.82, 2.24) is 9.55 Å². The van der Waals surface area contributed by atoms with Crippen molar-refractivity contribution in [3.8, 4) is 17.2 Å². The van der Waals surface area contributed by atoms with Gasteiger partial charge in [0.05, 0.1) is 55.3 Å². The van der Waals surface area contributed by atoms with E-state index in [0.29, 0.717) is 48.7 Å². The van der Waals surface area contributed by atoms with Crippen LogP contribution in [0.5, 0.6) is 17.2 Å². The number of methoxy groups -OCH3 is 3. The van der Waals surface area contributed by atoms with E-state index in [0.717, 1.165) is 15.8 Å². The molecule has 0 fully saturated rings. The third-order valence-corrected chi connectivity index (χ3v) is 9.15. The van der Waals surface area contributed by atoms with Crippen molar-refractivity contribution in [3.05, 3.63) is 103 Å². The maximum Gasteiger partial charge on any atom is 0.338 e. The van der Waals surface area contributed by atoms with Gasteiger partial charge in [0.1, 0.15) is 5.76 Å². The van der Waals surface area contributed by atoms with Crippen LogP contribution in [-0.4, -0.2) is 43.5 Å². The van der Waals surface area contributed by atoms with Crippen molar-refractivity contribution >= 4 is 46.0 Å². The summed E-state index contributed by atoms with van der Waals surface area (Å²) in [5.74, 6) is 1.09. The fourth-order valence-corrected chi connectivity index (χ4v) is 7.16. The van der Waals surface area contributed by atoms with E-state index < -0.39 is 12.0 Å². The Hall–Kier alpha value is -4.81. The Balaban J connectivity index is 1.45. The van der Waals surface area contributed by atoms with Gasteiger partial charge in [0.25, 0.3) is 5.56 Å². The minimum Gasteiger partial charge on any atom is -0.493 e. The number of esters is 1. The normalized spacial score (nSPS) is 14.7. The molecule has 1 aliphatic rings. The Bertz CT molecular complexity index is 2110. The first-order valence-corrected chi connectivity index (χ1v) is 15.6. The van der Waals surface area contributed by atoms with E-state index in [2.05, 4.69) is 9.98 Å². The van der Waals surface area contributed by atoms with Crippen LogP contribution in [0.3, 0.4) is 0 Å². The number of rotatable bonds is 9. The molecule has 0 aliphatic carbocycles.